The summed E-state index contributed by atoms with van der Waals surface area (Å²) in [5.41, 5.74) is 0.194. The maximum absolute atomic E-state index is 12.1. The number of carbonyl (C=O) groups is 2. The van der Waals surface area contributed by atoms with E-state index in [0.29, 0.717) is 12.2 Å². The number of furan rings is 1. The molecule has 1 atom stereocenters. The monoisotopic (exact) mass is 302 g/mol. The number of alkyl halides is 1. The van der Waals surface area contributed by atoms with E-state index in [4.69, 9.17) is 25.5 Å². The zero-order valence-electron chi connectivity index (χ0n) is 12.1. The van der Waals surface area contributed by atoms with Crippen molar-refractivity contribution in [3.8, 4) is 0 Å². The van der Waals surface area contributed by atoms with Crippen LogP contribution in [-0.2, 0) is 15.9 Å². The van der Waals surface area contributed by atoms with Crippen LogP contribution >= 0.6 is 11.6 Å². The molecule has 1 aromatic rings. The minimum absolute atomic E-state index is 0.0738. The molecule has 0 aliphatic rings. The Morgan fingerprint density at radius 3 is 2.00 bits per heavy atom. The van der Waals surface area contributed by atoms with Crippen LogP contribution in [0, 0.1) is 0 Å². The lowest BCUT2D eigenvalue weighted by Crippen LogP contribution is -2.15. The Balaban J connectivity index is 3.43. The molecule has 1 unspecified atom stereocenters. The lowest BCUT2D eigenvalue weighted by molar-refractivity contribution is 0.0478. The normalized spacial score (nSPS) is 12.1. The highest BCUT2D eigenvalue weighted by Crippen LogP contribution is 2.32. The van der Waals surface area contributed by atoms with E-state index in [1.807, 2.05) is 6.92 Å². The molecule has 112 valence electrons. The first-order valence-electron chi connectivity index (χ1n) is 6.61. The van der Waals surface area contributed by atoms with E-state index >= 15 is 0 Å². The van der Waals surface area contributed by atoms with Gasteiger partial charge in [-0.3, -0.25) is 0 Å². The van der Waals surface area contributed by atoms with E-state index in [9.17, 15) is 9.59 Å². The molecule has 0 aliphatic carbocycles. The number of hydrogen-bond acceptors (Lipinski definition) is 5. The molecule has 0 spiro atoms. The molecule has 0 saturated carbocycles. The van der Waals surface area contributed by atoms with Crippen LogP contribution in [0.4, 0.5) is 0 Å². The Kier molecular flexibility index (Phi) is 6.07. The quantitative estimate of drug-likeness (QED) is 0.594. The van der Waals surface area contributed by atoms with Gasteiger partial charge in [-0.2, -0.15) is 0 Å². The van der Waals surface area contributed by atoms with Crippen molar-refractivity contribution in [2.24, 2.45) is 0 Å². The second-order valence-corrected chi connectivity index (χ2v) is 4.70. The van der Waals surface area contributed by atoms with Crippen molar-refractivity contribution in [2.45, 2.75) is 39.5 Å². The van der Waals surface area contributed by atoms with Crippen molar-refractivity contribution in [3.05, 3.63) is 22.6 Å². The molecule has 5 nitrogen and oxygen atoms in total. The number of halogens is 1. The number of carbonyl (C=O) groups excluding carboxylic acids is 2. The summed E-state index contributed by atoms with van der Waals surface area (Å²) in [4.78, 5) is 24.1. The maximum Gasteiger partial charge on any atom is 0.342 e. The number of aryl methyl sites for hydroxylation is 1. The fraction of sp³-hybridized carbons (Fsp3) is 0.571. The van der Waals surface area contributed by atoms with E-state index < -0.39 is 17.3 Å². The molecule has 1 aromatic heterocycles. The van der Waals surface area contributed by atoms with Gasteiger partial charge in [-0.25, -0.2) is 9.59 Å². The van der Waals surface area contributed by atoms with Gasteiger partial charge in [0.25, 0.3) is 0 Å². The first-order valence-corrected chi connectivity index (χ1v) is 7.05. The summed E-state index contributed by atoms with van der Waals surface area (Å²) >= 11 is 6.02. The van der Waals surface area contributed by atoms with Crippen molar-refractivity contribution < 1.29 is 23.5 Å². The van der Waals surface area contributed by atoms with Gasteiger partial charge < -0.3 is 13.9 Å². The van der Waals surface area contributed by atoms with Gasteiger partial charge in [0.05, 0.1) is 18.6 Å². The Morgan fingerprint density at radius 2 is 1.60 bits per heavy atom. The van der Waals surface area contributed by atoms with Crippen LogP contribution in [0.25, 0.3) is 0 Å². The van der Waals surface area contributed by atoms with E-state index in [0.717, 1.165) is 0 Å². The van der Waals surface area contributed by atoms with Gasteiger partial charge in [0.2, 0.25) is 0 Å². The van der Waals surface area contributed by atoms with Crippen molar-refractivity contribution in [1.29, 1.82) is 0 Å². The number of hydrogen-bond donors (Lipinski definition) is 0. The highest BCUT2D eigenvalue weighted by molar-refractivity contribution is 6.21. The van der Waals surface area contributed by atoms with Crippen LogP contribution < -0.4 is 0 Å². The molecule has 0 fully saturated rings. The van der Waals surface area contributed by atoms with Crippen molar-refractivity contribution in [1.82, 2.24) is 0 Å². The Labute approximate surface area is 123 Å². The number of rotatable bonds is 6. The van der Waals surface area contributed by atoms with E-state index in [1.54, 1.807) is 20.8 Å². The molecular formula is C14H19ClO5. The van der Waals surface area contributed by atoms with Crippen molar-refractivity contribution in [2.75, 3.05) is 13.2 Å². The molecule has 0 bridgehead atoms. The number of ether oxygens (including phenoxy) is 2. The third-order valence-corrected chi connectivity index (χ3v) is 2.85. The zero-order chi connectivity index (χ0) is 15.3. The van der Waals surface area contributed by atoms with Crippen LogP contribution in [0.5, 0.6) is 0 Å². The fourth-order valence-corrected chi connectivity index (χ4v) is 2.01. The van der Waals surface area contributed by atoms with Crippen molar-refractivity contribution >= 4 is 23.5 Å². The molecule has 0 N–H and O–H groups in total. The second-order valence-electron chi connectivity index (χ2n) is 4.05. The average molecular weight is 303 g/mol. The van der Waals surface area contributed by atoms with Gasteiger partial charge in [-0.1, -0.05) is 6.92 Å². The summed E-state index contributed by atoms with van der Waals surface area (Å²) in [6.07, 6.45) is 0.449. The molecule has 0 saturated heterocycles. The summed E-state index contributed by atoms with van der Waals surface area (Å²) in [5, 5.41) is -0.553. The fourth-order valence-electron chi connectivity index (χ4n) is 1.85. The van der Waals surface area contributed by atoms with Crippen LogP contribution in [0.1, 0.15) is 65.3 Å². The second kappa shape index (κ2) is 7.33. The minimum atomic E-state index is -0.624. The van der Waals surface area contributed by atoms with Gasteiger partial charge >= 0.3 is 11.9 Å². The molecular weight excluding hydrogens is 284 g/mol. The maximum atomic E-state index is 12.1. The third kappa shape index (κ3) is 3.33. The Bertz CT molecular complexity index is 490. The first-order chi connectivity index (χ1) is 9.47. The summed E-state index contributed by atoms with van der Waals surface area (Å²) in [5.74, 6) is -0.597. The smallest absolute Gasteiger partial charge is 0.342 e. The summed E-state index contributed by atoms with van der Waals surface area (Å²) in [7, 11) is 0. The highest BCUT2D eigenvalue weighted by atomic mass is 35.5. The third-order valence-electron chi connectivity index (χ3n) is 2.65. The summed E-state index contributed by atoms with van der Waals surface area (Å²) in [6.45, 7) is 7.27. The molecule has 1 heterocycles. The molecule has 0 radical (unpaired) electrons. The van der Waals surface area contributed by atoms with Crippen LogP contribution in [-0.4, -0.2) is 25.2 Å². The molecule has 0 amide bonds. The SMILES string of the molecule is CCOC(=O)c1c(CC)oc(C(C)Cl)c1C(=O)OCC. The largest absolute Gasteiger partial charge is 0.463 e. The number of esters is 2. The van der Waals surface area contributed by atoms with Crippen molar-refractivity contribution in [3.63, 3.8) is 0 Å². The topological polar surface area (TPSA) is 65.7 Å². The minimum Gasteiger partial charge on any atom is -0.463 e. The van der Waals surface area contributed by atoms with Crippen LogP contribution in [0.3, 0.4) is 0 Å². The molecule has 20 heavy (non-hydrogen) atoms. The van der Waals surface area contributed by atoms with Gasteiger partial charge in [-0.05, 0) is 20.8 Å². The summed E-state index contributed by atoms with van der Waals surface area (Å²) < 4.78 is 15.5. The lowest BCUT2D eigenvalue weighted by Gasteiger charge is -2.06. The predicted octanol–water partition coefficient (Wildman–Crippen LogP) is 3.50. The van der Waals surface area contributed by atoms with E-state index in [2.05, 4.69) is 0 Å². The van der Waals surface area contributed by atoms with Gasteiger partial charge in [0, 0.05) is 6.42 Å². The lowest BCUT2D eigenvalue weighted by atomic mass is 10.1. The summed E-state index contributed by atoms with van der Waals surface area (Å²) in [6, 6.07) is 0. The van der Waals surface area contributed by atoms with E-state index in [-0.39, 0.29) is 30.1 Å². The standard InChI is InChI=1S/C14H19ClO5/c1-5-9-10(13(16)18-6-2)11(14(17)19-7-3)12(20-9)8(4)15/h8H,5-7H2,1-4H3. The van der Waals surface area contributed by atoms with Gasteiger partial charge in [-0.15, -0.1) is 11.6 Å². The average Bonchev–Trinajstić information content (AvgIpc) is 2.78. The predicted molar refractivity (Wildman–Crippen MR) is 74.3 cm³/mol. The van der Waals surface area contributed by atoms with Gasteiger partial charge in [0.15, 0.2) is 0 Å². The van der Waals surface area contributed by atoms with Gasteiger partial charge in [0.1, 0.15) is 22.6 Å². The van der Waals surface area contributed by atoms with Crippen LogP contribution in [0.2, 0.25) is 0 Å². The first kappa shape index (κ1) is 16.6. The molecule has 6 heteroatoms. The Hall–Kier alpha value is -1.49. The zero-order valence-corrected chi connectivity index (χ0v) is 12.9. The molecule has 0 aliphatic heterocycles. The molecule has 1 rings (SSSR count). The Morgan fingerprint density at radius 1 is 1.10 bits per heavy atom. The highest BCUT2D eigenvalue weighted by Gasteiger charge is 2.32. The van der Waals surface area contributed by atoms with Crippen LogP contribution in [0.15, 0.2) is 4.42 Å². The van der Waals surface area contributed by atoms with E-state index in [1.165, 1.54) is 0 Å². The molecule has 0 aromatic carbocycles.